The Morgan fingerprint density at radius 1 is 1.03 bits per heavy atom. The van der Waals surface area contributed by atoms with E-state index in [2.05, 4.69) is 4.72 Å². The molecule has 2 aromatic carbocycles. The topological polar surface area (TPSA) is 137 Å². The Labute approximate surface area is 175 Å². The lowest BCUT2D eigenvalue weighted by atomic mass is 10.1. The summed E-state index contributed by atoms with van der Waals surface area (Å²) in [6.45, 7) is -1.53. The fourth-order valence-electron chi connectivity index (χ4n) is 2.44. The molecule has 0 bridgehead atoms. The third-order valence-electron chi connectivity index (χ3n) is 3.91. The lowest BCUT2D eigenvalue weighted by Gasteiger charge is -2.15. The van der Waals surface area contributed by atoms with Gasteiger partial charge >= 0.3 is 6.18 Å². The first-order valence-corrected chi connectivity index (χ1v) is 9.90. The van der Waals surface area contributed by atoms with Gasteiger partial charge in [0.1, 0.15) is 6.54 Å². The summed E-state index contributed by atoms with van der Waals surface area (Å²) in [5.74, 6) is -1.68. The van der Waals surface area contributed by atoms with Gasteiger partial charge in [0.25, 0.3) is 21.8 Å². The second-order valence-electron chi connectivity index (χ2n) is 6.04. The molecule has 4 N–H and O–H groups in total. The molecule has 0 aliphatic heterocycles. The zero-order chi connectivity index (χ0) is 23.4. The lowest BCUT2D eigenvalue weighted by molar-refractivity contribution is -0.123. The van der Waals surface area contributed by atoms with E-state index in [1.165, 1.54) is 26.4 Å². The molecule has 0 unspecified atom stereocenters. The Kier molecular flexibility index (Phi) is 7.00. The molecule has 13 heteroatoms. The zero-order valence-electron chi connectivity index (χ0n) is 16.2. The minimum Gasteiger partial charge on any atom is -0.493 e. The molecule has 0 radical (unpaired) electrons. The highest BCUT2D eigenvalue weighted by Crippen LogP contribution is 2.34. The maximum absolute atomic E-state index is 12.7. The molecule has 0 saturated heterocycles. The van der Waals surface area contributed by atoms with Gasteiger partial charge < -0.3 is 20.5 Å². The van der Waals surface area contributed by atoms with E-state index < -0.39 is 34.6 Å². The number of ether oxygens (including phenoxy) is 2. The van der Waals surface area contributed by atoms with E-state index >= 15 is 0 Å². The smallest absolute Gasteiger partial charge is 0.405 e. The number of primary amides is 1. The number of hydrogen-bond donors (Lipinski definition) is 3. The number of methoxy groups -OCH3 is 2. The molecule has 0 spiro atoms. The third-order valence-corrected chi connectivity index (χ3v) is 5.29. The van der Waals surface area contributed by atoms with E-state index in [-0.39, 0.29) is 33.2 Å². The number of sulfonamides is 1. The average Bonchev–Trinajstić information content (AvgIpc) is 2.70. The van der Waals surface area contributed by atoms with Crippen LogP contribution in [0, 0.1) is 0 Å². The van der Waals surface area contributed by atoms with Crippen LogP contribution in [-0.2, 0) is 10.0 Å². The zero-order valence-corrected chi connectivity index (χ0v) is 17.1. The van der Waals surface area contributed by atoms with Gasteiger partial charge in [-0.3, -0.25) is 14.3 Å². The highest BCUT2D eigenvalue weighted by Gasteiger charge is 2.28. The van der Waals surface area contributed by atoms with Crippen molar-refractivity contribution in [1.29, 1.82) is 0 Å². The van der Waals surface area contributed by atoms with Gasteiger partial charge in [-0.25, -0.2) is 8.42 Å². The Bertz CT molecular complexity index is 1090. The predicted octanol–water partition coefficient (Wildman–Crippen LogP) is 1.90. The van der Waals surface area contributed by atoms with Crippen molar-refractivity contribution in [3.8, 4) is 11.5 Å². The quantitative estimate of drug-likeness (QED) is 0.549. The number of alkyl halides is 3. The van der Waals surface area contributed by atoms with Crippen LogP contribution < -0.4 is 25.2 Å². The first kappa shape index (κ1) is 23.8. The van der Waals surface area contributed by atoms with Crippen LogP contribution in [0.15, 0.2) is 41.3 Å². The van der Waals surface area contributed by atoms with Crippen LogP contribution in [-0.4, -0.2) is 47.2 Å². The summed E-state index contributed by atoms with van der Waals surface area (Å²) in [7, 11) is -1.63. The molecule has 2 amide bonds. The van der Waals surface area contributed by atoms with Crippen LogP contribution in [0.4, 0.5) is 18.9 Å². The summed E-state index contributed by atoms with van der Waals surface area (Å²) in [4.78, 5) is 23.2. The number of carbonyl (C=O) groups excluding carboxylic acids is 2. The van der Waals surface area contributed by atoms with Gasteiger partial charge in [-0.1, -0.05) is 0 Å². The predicted molar refractivity (Wildman–Crippen MR) is 104 cm³/mol. The van der Waals surface area contributed by atoms with E-state index in [0.717, 1.165) is 24.3 Å². The second-order valence-corrected chi connectivity index (χ2v) is 7.73. The fourth-order valence-corrected chi connectivity index (χ4v) is 3.51. The average molecular weight is 461 g/mol. The number of anilines is 1. The van der Waals surface area contributed by atoms with E-state index in [1.54, 1.807) is 5.32 Å². The summed E-state index contributed by atoms with van der Waals surface area (Å²) < 4.78 is 74.3. The fraction of sp³-hybridized carbons (Fsp3) is 0.222. The molecular weight excluding hydrogens is 443 g/mol. The Balaban J connectivity index is 2.31. The van der Waals surface area contributed by atoms with Crippen LogP contribution in [0.1, 0.15) is 20.7 Å². The van der Waals surface area contributed by atoms with Crippen molar-refractivity contribution >= 4 is 27.5 Å². The molecule has 31 heavy (non-hydrogen) atoms. The van der Waals surface area contributed by atoms with Crippen molar-refractivity contribution in [1.82, 2.24) is 5.32 Å². The normalized spacial score (nSPS) is 11.5. The van der Waals surface area contributed by atoms with Crippen LogP contribution >= 0.6 is 0 Å². The van der Waals surface area contributed by atoms with Crippen molar-refractivity contribution in [2.24, 2.45) is 5.73 Å². The number of benzene rings is 2. The standard InChI is InChI=1S/C18H18F3N3O6S/c1-29-14-7-12(16(22)25)13(8-15(14)30-2)24-31(27,28)11-5-3-10(4-6-11)17(26)23-9-18(19,20)21/h3-8,24H,9H2,1-2H3,(H2,22,25)(H,23,26). The highest BCUT2D eigenvalue weighted by atomic mass is 32.2. The molecule has 0 aliphatic rings. The van der Waals surface area contributed by atoms with Crippen molar-refractivity contribution < 1.29 is 40.7 Å². The minimum atomic E-state index is -4.58. The summed E-state index contributed by atoms with van der Waals surface area (Å²) >= 11 is 0. The van der Waals surface area contributed by atoms with Crippen LogP contribution in [0.3, 0.4) is 0 Å². The Hall–Kier alpha value is -3.48. The van der Waals surface area contributed by atoms with Crippen molar-refractivity contribution in [3.05, 3.63) is 47.5 Å². The van der Waals surface area contributed by atoms with Crippen molar-refractivity contribution in [2.45, 2.75) is 11.1 Å². The van der Waals surface area contributed by atoms with Gasteiger partial charge in [0.15, 0.2) is 11.5 Å². The number of amides is 2. The summed E-state index contributed by atoms with van der Waals surface area (Å²) in [5, 5.41) is 1.67. The van der Waals surface area contributed by atoms with Crippen molar-refractivity contribution in [3.63, 3.8) is 0 Å². The maximum Gasteiger partial charge on any atom is 0.405 e. The van der Waals surface area contributed by atoms with Gasteiger partial charge in [0.2, 0.25) is 0 Å². The van der Waals surface area contributed by atoms with Crippen LogP contribution in [0.2, 0.25) is 0 Å². The molecule has 168 valence electrons. The lowest BCUT2D eigenvalue weighted by Crippen LogP contribution is -2.33. The molecular formula is C18H18F3N3O6S. The molecule has 2 aromatic rings. The first-order valence-electron chi connectivity index (χ1n) is 8.41. The number of hydrogen-bond acceptors (Lipinski definition) is 6. The SMILES string of the molecule is COc1cc(NS(=O)(=O)c2ccc(C(=O)NCC(F)(F)F)cc2)c(C(N)=O)cc1OC. The number of rotatable bonds is 8. The minimum absolute atomic E-state index is 0.127. The van der Waals surface area contributed by atoms with Gasteiger partial charge in [-0.05, 0) is 30.3 Å². The maximum atomic E-state index is 12.7. The van der Waals surface area contributed by atoms with Gasteiger partial charge in [0.05, 0.1) is 30.4 Å². The molecule has 0 saturated carbocycles. The van der Waals surface area contributed by atoms with E-state index in [9.17, 15) is 31.2 Å². The van der Waals surface area contributed by atoms with E-state index in [4.69, 9.17) is 15.2 Å². The third kappa shape index (κ3) is 6.01. The first-order chi connectivity index (χ1) is 14.4. The van der Waals surface area contributed by atoms with E-state index in [1.807, 2.05) is 0 Å². The molecule has 0 fully saturated rings. The summed E-state index contributed by atoms with van der Waals surface area (Å²) in [6, 6.07) is 6.54. The van der Waals surface area contributed by atoms with Crippen LogP contribution in [0.5, 0.6) is 11.5 Å². The molecule has 2 rings (SSSR count). The van der Waals surface area contributed by atoms with Gasteiger partial charge in [0, 0.05) is 11.6 Å². The molecule has 0 aromatic heterocycles. The number of nitrogens with one attached hydrogen (secondary N) is 2. The van der Waals surface area contributed by atoms with Crippen molar-refractivity contribution in [2.75, 3.05) is 25.5 Å². The Morgan fingerprint density at radius 2 is 1.58 bits per heavy atom. The largest absolute Gasteiger partial charge is 0.493 e. The van der Waals surface area contributed by atoms with Gasteiger partial charge in [-0.15, -0.1) is 0 Å². The monoisotopic (exact) mass is 461 g/mol. The highest BCUT2D eigenvalue weighted by molar-refractivity contribution is 7.92. The van der Waals surface area contributed by atoms with E-state index in [0.29, 0.717) is 0 Å². The second kappa shape index (κ2) is 9.12. The molecule has 9 nitrogen and oxygen atoms in total. The summed E-state index contributed by atoms with van der Waals surface area (Å²) in [5.41, 5.74) is 4.76. The number of carbonyl (C=O) groups is 2. The summed E-state index contributed by atoms with van der Waals surface area (Å²) in [6.07, 6.45) is -4.58. The van der Waals surface area contributed by atoms with Gasteiger partial charge in [-0.2, -0.15) is 13.2 Å². The number of halogens is 3. The van der Waals surface area contributed by atoms with Crippen LogP contribution in [0.25, 0.3) is 0 Å². The molecule has 0 aliphatic carbocycles. The molecule has 0 atom stereocenters. The number of nitrogens with two attached hydrogens (primary N) is 1. The Morgan fingerprint density at radius 3 is 2.06 bits per heavy atom. The molecule has 0 heterocycles.